The van der Waals surface area contributed by atoms with Crippen molar-refractivity contribution in [3.8, 4) is 0 Å². The molecule has 2 aliphatic rings. The zero-order valence-corrected chi connectivity index (χ0v) is 16.0. The van der Waals surface area contributed by atoms with Gasteiger partial charge in [0.05, 0.1) is 5.71 Å². The van der Waals surface area contributed by atoms with Crippen molar-refractivity contribution in [1.29, 1.82) is 0 Å². The molecule has 0 N–H and O–H groups in total. The zero-order valence-electron chi connectivity index (χ0n) is 15.2. The molecule has 28 heavy (non-hydrogen) atoms. The maximum Gasteiger partial charge on any atom is 0.345 e. The number of hydrogen-bond donors (Lipinski definition) is 0. The molecule has 0 atom stereocenters. The van der Waals surface area contributed by atoms with Gasteiger partial charge in [0.2, 0.25) is 0 Å². The highest BCUT2D eigenvalue weighted by Gasteiger charge is 2.34. The van der Waals surface area contributed by atoms with E-state index in [0.29, 0.717) is 12.1 Å². The number of likely N-dealkylation sites (N-methyl/N-ethyl adjacent to an activating group) is 1. The van der Waals surface area contributed by atoms with E-state index < -0.39 is 21.9 Å². The lowest BCUT2D eigenvalue weighted by Crippen LogP contribution is -2.43. The molecule has 4 rings (SSSR count). The molecule has 2 aromatic carbocycles. The van der Waals surface area contributed by atoms with Crippen LogP contribution in [0.2, 0.25) is 0 Å². The summed E-state index contributed by atoms with van der Waals surface area (Å²) in [7, 11) is -2.76. The predicted molar refractivity (Wildman–Crippen MR) is 105 cm³/mol. The van der Waals surface area contributed by atoms with Gasteiger partial charge in [-0.3, -0.25) is 4.79 Å². The molecule has 2 aliphatic heterocycles. The summed E-state index contributed by atoms with van der Waals surface area (Å²) in [6.07, 6.45) is 3.11. The number of halogens is 1. The molecule has 0 aliphatic carbocycles. The van der Waals surface area contributed by atoms with Crippen LogP contribution >= 0.6 is 0 Å². The molecule has 0 spiro atoms. The summed E-state index contributed by atoms with van der Waals surface area (Å²) in [6, 6.07) is 12.9. The van der Waals surface area contributed by atoms with E-state index in [1.165, 1.54) is 37.4 Å². The summed E-state index contributed by atoms with van der Waals surface area (Å²) in [5, 5.41) is 0. The van der Waals surface area contributed by atoms with Crippen LogP contribution in [-0.4, -0.2) is 37.9 Å². The molecule has 6 nitrogen and oxygen atoms in total. The van der Waals surface area contributed by atoms with Crippen molar-refractivity contribution in [2.24, 2.45) is 4.40 Å². The number of benzene rings is 2. The van der Waals surface area contributed by atoms with E-state index in [1.54, 1.807) is 4.90 Å². The topological polar surface area (TPSA) is 70.1 Å². The quantitative estimate of drug-likeness (QED) is 0.780. The molecule has 1 amide bonds. The lowest BCUT2D eigenvalue weighted by atomic mass is 10.0. The van der Waals surface area contributed by atoms with E-state index >= 15 is 0 Å². The van der Waals surface area contributed by atoms with E-state index in [9.17, 15) is 17.6 Å². The van der Waals surface area contributed by atoms with Crippen LogP contribution in [0.25, 0.3) is 0 Å². The summed E-state index contributed by atoms with van der Waals surface area (Å²) in [4.78, 5) is 14.9. The van der Waals surface area contributed by atoms with Crippen LogP contribution in [0.15, 0.2) is 64.7 Å². The molecule has 0 unspecified atom stereocenters. The SMILES string of the molecule is CN1C(C(=O)N2CCCc3ccccc32)=CC(c2ccc(F)cc2)=NS1(=O)=O. The highest BCUT2D eigenvalue weighted by Crippen LogP contribution is 2.30. The summed E-state index contributed by atoms with van der Waals surface area (Å²) in [5.74, 6) is -0.849. The molecule has 8 heteroatoms. The van der Waals surface area contributed by atoms with Gasteiger partial charge in [-0.15, -0.1) is 4.40 Å². The third kappa shape index (κ3) is 3.20. The Bertz CT molecular complexity index is 1110. The summed E-state index contributed by atoms with van der Waals surface area (Å²) in [5.41, 5.74) is 2.37. The van der Waals surface area contributed by atoms with Crippen LogP contribution in [0.4, 0.5) is 10.1 Å². The van der Waals surface area contributed by atoms with Crippen LogP contribution in [0, 0.1) is 5.82 Å². The largest absolute Gasteiger partial charge is 0.345 e. The van der Waals surface area contributed by atoms with Crippen LogP contribution in [0.1, 0.15) is 17.5 Å². The minimum Gasteiger partial charge on any atom is -0.307 e. The Labute approximate surface area is 162 Å². The maximum atomic E-state index is 13.3. The molecule has 2 aromatic rings. The minimum absolute atomic E-state index is 0.00558. The average Bonchev–Trinajstić information content (AvgIpc) is 2.69. The highest BCUT2D eigenvalue weighted by molar-refractivity contribution is 7.88. The molecule has 0 radical (unpaired) electrons. The Morgan fingerprint density at radius 2 is 1.82 bits per heavy atom. The number of fused-ring (bicyclic) bond motifs is 1. The van der Waals surface area contributed by atoms with E-state index in [0.717, 1.165) is 28.4 Å². The number of aryl methyl sites for hydroxylation is 1. The number of nitrogens with zero attached hydrogens (tertiary/aromatic N) is 3. The van der Waals surface area contributed by atoms with Gasteiger partial charge >= 0.3 is 10.2 Å². The fourth-order valence-corrected chi connectivity index (χ4v) is 4.30. The Balaban J connectivity index is 1.77. The number of allylic oxidation sites excluding steroid dienone is 1. The minimum atomic E-state index is -4.07. The Kier molecular flexibility index (Phi) is 4.50. The van der Waals surface area contributed by atoms with Crippen LogP contribution in [0.3, 0.4) is 0 Å². The first-order valence-corrected chi connectivity index (χ1v) is 10.2. The number of carbonyl (C=O) groups is 1. The molecular weight excluding hydrogens is 381 g/mol. The smallest absolute Gasteiger partial charge is 0.307 e. The fraction of sp³-hybridized carbons (Fsp3) is 0.200. The second-order valence-electron chi connectivity index (χ2n) is 6.65. The number of rotatable bonds is 2. The maximum absolute atomic E-state index is 13.3. The van der Waals surface area contributed by atoms with Crippen molar-refractivity contribution >= 4 is 27.5 Å². The lowest BCUT2D eigenvalue weighted by molar-refractivity contribution is -0.116. The monoisotopic (exact) mass is 399 g/mol. The van der Waals surface area contributed by atoms with E-state index in [2.05, 4.69) is 4.40 Å². The number of carbonyl (C=O) groups excluding carboxylic acids is 1. The van der Waals surface area contributed by atoms with Gasteiger partial charge in [-0.2, -0.15) is 8.42 Å². The molecule has 0 aromatic heterocycles. The van der Waals surface area contributed by atoms with Crippen molar-refractivity contribution in [1.82, 2.24) is 4.31 Å². The van der Waals surface area contributed by atoms with Crippen molar-refractivity contribution in [3.63, 3.8) is 0 Å². The number of anilines is 1. The van der Waals surface area contributed by atoms with E-state index in [-0.39, 0.29) is 11.4 Å². The van der Waals surface area contributed by atoms with Crippen molar-refractivity contribution in [3.05, 3.63) is 77.2 Å². The first-order chi connectivity index (χ1) is 13.4. The molecule has 144 valence electrons. The van der Waals surface area contributed by atoms with Gasteiger partial charge in [-0.25, -0.2) is 8.70 Å². The first kappa shape index (κ1) is 18.4. The van der Waals surface area contributed by atoms with Gasteiger partial charge in [0.15, 0.2) is 0 Å². The van der Waals surface area contributed by atoms with Gasteiger partial charge in [-0.05, 0) is 54.8 Å². The number of amides is 1. The number of hydrogen-bond acceptors (Lipinski definition) is 3. The van der Waals surface area contributed by atoms with Crippen molar-refractivity contribution < 1.29 is 17.6 Å². The Hall–Kier alpha value is -3.00. The number of para-hydroxylation sites is 1. The second kappa shape index (κ2) is 6.87. The van der Waals surface area contributed by atoms with Crippen molar-refractivity contribution in [2.75, 3.05) is 18.5 Å². The third-order valence-electron chi connectivity index (χ3n) is 4.89. The first-order valence-electron chi connectivity index (χ1n) is 8.83. The standard InChI is InChI=1S/C20H18FN3O3S/c1-23-19(20(25)24-12-4-6-15-5-2-3-7-18(15)24)13-17(22-28(23,26)27)14-8-10-16(21)11-9-14/h2-3,5,7-11,13H,4,6,12H2,1H3. The predicted octanol–water partition coefficient (Wildman–Crippen LogP) is 2.67. The molecule has 0 saturated heterocycles. The Morgan fingerprint density at radius 3 is 2.57 bits per heavy atom. The fourth-order valence-electron chi connectivity index (χ4n) is 3.39. The van der Waals surface area contributed by atoms with Crippen LogP contribution < -0.4 is 4.90 Å². The molecule has 0 saturated carbocycles. The van der Waals surface area contributed by atoms with Gasteiger partial charge < -0.3 is 4.90 Å². The van der Waals surface area contributed by atoms with E-state index in [4.69, 9.17) is 0 Å². The normalized spacial score (nSPS) is 18.2. The third-order valence-corrected chi connectivity index (χ3v) is 6.20. The lowest BCUT2D eigenvalue weighted by Gasteiger charge is -2.32. The van der Waals surface area contributed by atoms with E-state index in [1.807, 2.05) is 24.3 Å². The zero-order chi connectivity index (χ0) is 19.9. The van der Waals surface area contributed by atoms with Crippen LogP contribution in [0.5, 0.6) is 0 Å². The van der Waals surface area contributed by atoms with Gasteiger partial charge in [0, 0.05) is 24.8 Å². The van der Waals surface area contributed by atoms with Gasteiger partial charge in [0.1, 0.15) is 11.5 Å². The summed E-state index contributed by atoms with van der Waals surface area (Å²) in [6.45, 7) is 0.504. The van der Waals surface area contributed by atoms with Gasteiger partial charge in [0.25, 0.3) is 5.91 Å². The highest BCUT2D eigenvalue weighted by atomic mass is 32.2. The van der Waals surface area contributed by atoms with Crippen molar-refractivity contribution in [2.45, 2.75) is 12.8 Å². The second-order valence-corrected chi connectivity index (χ2v) is 8.27. The molecule has 0 bridgehead atoms. The average molecular weight is 399 g/mol. The van der Waals surface area contributed by atoms with Crippen LogP contribution in [-0.2, 0) is 21.4 Å². The summed E-state index contributed by atoms with van der Waals surface area (Å²) < 4.78 is 42.9. The molecule has 0 fully saturated rings. The summed E-state index contributed by atoms with van der Waals surface area (Å²) >= 11 is 0. The van der Waals surface area contributed by atoms with Gasteiger partial charge in [-0.1, -0.05) is 18.2 Å². The molecule has 2 heterocycles. The molecular formula is C20H18FN3O3S. The Morgan fingerprint density at radius 1 is 1.11 bits per heavy atom.